The maximum absolute atomic E-state index is 11.9. The van der Waals surface area contributed by atoms with Gasteiger partial charge in [-0.2, -0.15) is 11.8 Å². The van der Waals surface area contributed by atoms with E-state index in [4.69, 9.17) is 5.73 Å². The molecular weight excluding hydrogens is 258 g/mol. The van der Waals surface area contributed by atoms with E-state index in [2.05, 4.69) is 35.3 Å². The monoisotopic (exact) mass is 277 g/mol. The van der Waals surface area contributed by atoms with Crippen molar-refractivity contribution < 1.29 is 4.79 Å². The molecule has 0 aliphatic carbocycles. The summed E-state index contributed by atoms with van der Waals surface area (Å²) in [5, 5.41) is 3.42. The molecule has 1 rings (SSSR count). The minimum atomic E-state index is -0.114. The Bertz CT molecular complexity index is 479. The van der Waals surface area contributed by atoms with E-state index in [0.717, 1.165) is 6.42 Å². The smallest absolute Gasteiger partial charge is 0.252 e. The molecule has 3 N–H and O–H groups in total. The lowest BCUT2D eigenvalue weighted by atomic mass is 10.2. The first-order valence-electron chi connectivity index (χ1n) is 6.12. The van der Waals surface area contributed by atoms with Crippen LogP contribution in [0.15, 0.2) is 18.5 Å². The topological polar surface area (TPSA) is 68.0 Å². The molecule has 0 aliphatic heterocycles. The van der Waals surface area contributed by atoms with Gasteiger partial charge in [-0.25, -0.2) is 0 Å². The van der Waals surface area contributed by atoms with Gasteiger partial charge >= 0.3 is 0 Å². The lowest BCUT2D eigenvalue weighted by molar-refractivity contribution is 0.0953. The zero-order valence-electron chi connectivity index (χ0n) is 11.3. The van der Waals surface area contributed by atoms with Crippen LogP contribution in [0.1, 0.15) is 29.3 Å². The van der Waals surface area contributed by atoms with Gasteiger partial charge in [-0.05, 0) is 18.7 Å². The summed E-state index contributed by atoms with van der Waals surface area (Å²) in [4.78, 5) is 15.9. The Morgan fingerprint density at radius 3 is 3.05 bits per heavy atom. The van der Waals surface area contributed by atoms with Gasteiger partial charge in [0.25, 0.3) is 5.91 Å². The molecular formula is C14H19N3OS. The molecule has 4 nitrogen and oxygen atoms in total. The Labute approximate surface area is 118 Å². The third-order valence-corrected chi connectivity index (χ3v) is 3.61. The molecule has 19 heavy (non-hydrogen) atoms. The maximum atomic E-state index is 11.9. The average Bonchev–Trinajstić information content (AvgIpc) is 2.45. The van der Waals surface area contributed by atoms with Crippen molar-refractivity contribution in [2.75, 3.05) is 19.3 Å². The third-order valence-electron chi connectivity index (χ3n) is 2.57. The Hall–Kier alpha value is -1.51. The second-order valence-electron chi connectivity index (χ2n) is 4.06. The number of amides is 1. The molecule has 0 aliphatic rings. The largest absolute Gasteiger partial charge is 0.352 e. The minimum Gasteiger partial charge on any atom is -0.352 e. The van der Waals surface area contributed by atoms with Gasteiger partial charge in [-0.3, -0.25) is 9.78 Å². The molecule has 0 bridgehead atoms. The predicted molar refractivity (Wildman–Crippen MR) is 80.1 cm³/mol. The number of pyridine rings is 1. The number of carbonyl (C=O) groups is 1. The standard InChI is InChI=1S/C14H19N3OS/c1-11(19-2)5-7-17-14(18)13-8-12(4-3-6-15)9-16-10-13/h8-11H,5-7,15H2,1-2H3,(H,17,18). The molecule has 5 heteroatoms. The number of nitrogens with two attached hydrogens (primary N) is 1. The Balaban J connectivity index is 2.57. The van der Waals surface area contributed by atoms with E-state index >= 15 is 0 Å². The molecule has 0 radical (unpaired) electrons. The molecule has 0 aromatic carbocycles. The lowest BCUT2D eigenvalue weighted by Gasteiger charge is -2.09. The van der Waals surface area contributed by atoms with Crippen LogP contribution in [0.5, 0.6) is 0 Å². The van der Waals surface area contributed by atoms with Crippen molar-refractivity contribution in [2.45, 2.75) is 18.6 Å². The lowest BCUT2D eigenvalue weighted by Crippen LogP contribution is -2.26. The molecule has 1 aromatic rings. The summed E-state index contributed by atoms with van der Waals surface area (Å²) in [6, 6.07) is 1.73. The summed E-state index contributed by atoms with van der Waals surface area (Å²) in [6.07, 6.45) is 6.18. The fourth-order valence-corrected chi connectivity index (χ4v) is 1.75. The van der Waals surface area contributed by atoms with E-state index < -0.39 is 0 Å². The number of thioether (sulfide) groups is 1. The van der Waals surface area contributed by atoms with Gasteiger partial charge in [0.05, 0.1) is 12.1 Å². The summed E-state index contributed by atoms with van der Waals surface area (Å²) in [5.74, 6) is 5.49. The number of nitrogens with zero attached hydrogens (tertiary/aromatic N) is 1. The zero-order chi connectivity index (χ0) is 14.1. The van der Waals surface area contributed by atoms with Crippen molar-refractivity contribution in [3.05, 3.63) is 29.6 Å². The van der Waals surface area contributed by atoms with Crippen LogP contribution in [-0.2, 0) is 0 Å². The van der Waals surface area contributed by atoms with Gasteiger partial charge in [-0.15, -0.1) is 0 Å². The molecule has 1 amide bonds. The van der Waals surface area contributed by atoms with Crippen LogP contribution in [0, 0.1) is 11.8 Å². The second kappa shape index (κ2) is 8.57. The van der Waals surface area contributed by atoms with Gasteiger partial charge in [0.15, 0.2) is 0 Å². The summed E-state index contributed by atoms with van der Waals surface area (Å²) in [7, 11) is 0. The van der Waals surface area contributed by atoms with Gasteiger partial charge < -0.3 is 11.1 Å². The van der Waals surface area contributed by atoms with E-state index in [1.54, 1.807) is 30.2 Å². The fourth-order valence-electron chi connectivity index (χ4n) is 1.39. The molecule has 102 valence electrons. The van der Waals surface area contributed by atoms with E-state index in [1.165, 1.54) is 0 Å². The van der Waals surface area contributed by atoms with Crippen LogP contribution < -0.4 is 11.1 Å². The van der Waals surface area contributed by atoms with Crippen molar-refractivity contribution in [3.63, 3.8) is 0 Å². The summed E-state index contributed by atoms with van der Waals surface area (Å²) < 4.78 is 0. The highest BCUT2D eigenvalue weighted by Gasteiger charge is 2.06. The van der Waals surface area contributed by atoms with Crippen molar-refractivity contribution in [1.29, 1.82) is 0 Å². The number of hydrogen-bond acceptors (Lipinski definition) is 4. The number of rotatable bonds is 5. The third kappa shape index (κ3) is 5.77. The zero-order valence-corrected chi connectivity index (χ0v) is 12.1. The maximum Gasteiger partial charge on any atom is 0.252 e. The summed E-state index contributed by atoms with van der Waals surface area (Å²) >= 11 is 1.79. The van der Waals surface area contributed by atoms with Gasteiger partial charge in [0.2, 0.25) is 0 Å². The first-order valence-corrected chi connectivity index (χ1v) is 7.41. The van der Waals surface area contributed by atoms with E-state index in [1.807, 2.05) is 0 Å². The fraction of sp³-hybridized carbons (Fsp3) is 0.429. The van der Waals surface area contributed by atoms with E-state index in [-0.39, 0.29) is 5.91 Å². The van der Waals surface area contributed by atoms with Crippen molar-refractivity contribution in [2.24, 2.45) is 5.73 Å². The van der Waals surface area contributed by atoms with Crippen LogP contribution in [0.2, 0.25) is 0 Å². The highest BCUT2D eigenvalue weighted by Crippen LogP contribution is 2.08. The Kier molecular flexibility index (Phi) is 7.01. The summed E-state index contributed by atoms with van der Waals surface area (Å²) in [6.45, 7) is 3.10. The number of hydrogen-bond donors (Lipinski definition) is 2. The molecule has 0 spiro atoms. The molecule has 0 saturated heterocycles. The quantitative estimate of drug-likeness (QED) is 0.795. The Morgan fingerprint density at radius 1 is 1.58 bits per heavy atom. The SMILES string of the molecule is CSC(C)CCNC(=O)c1cncc(C#CCN)c1. The molecule has 0 saturated carbocycles. The molecule has 1 aromatic heterocycles. The molecule has 1 unspecified atom stereocenters. The van der Waals surface area contributed by atoms with Crippen molar-refractivity contribution in [3.8, 4) is 11.8 Å². The van der Waals surface area contributed by atoms with Crippen LogP contribution in [0.3, 0.4) is 0 Å². The van der Waals surface area contributed by atoms with Gasteiger partial charge in [0.1, 0.15) is 0 Å². The van der Waals surface area contributed by atoms with Gasteiger partial charge in [-0.1, -0.05) is 18.8 Å². The Morgan fingerprint density at radius 2 is 2.37 bits per heavy atom. The normalized spacial score (nSPS) is 11.3. The van der Waals surface area contributed by atoms with E-state index in [9.17, 15) is 4.79 Å². The first kappa shape index (κ1) is 15.5. The molecule has 1 heterocycles. The van der Waals surface area contributed by atoms with Crippen LogP contribution in [0.25, 0.3) is 0 Å². The predicted octanol–water partition coefficient (Wildman–Crippen LogP) is 1.26. The second-order valence-corrected chi connectivity index (χ2v) is 5.34. The van der Waals surface area contributed by atoms with Crippen molar-refractivity contribution >= 4 is 17.7 Å². The van der Waals surface area contributed by atoms with Crippen LogP contribution in [-0.4, -0.2) is 35.5 Å². The van der Waals surface area contributed by atoms with Crippen LogP contribution in [0.4, 0.5) is 0 Å². The highest BCUT2D eigenvalue weighted by molar-refractivity contribution is 7.99. The van der Waals surface area contributed by atoms with Gasteiger partial charge in [0, 0.05) is 29.8 Å². The molecule has 0 fully saturated rings. The van der Waals surface area contributed by atoms with Crippen molar-refractivity contribution in [1.82, 2.24) is 10.3 Å². The highest BCUT2D eigenvalue weighted by atomic mass is 32.2. The average molecular weight is 277 g/mol. The molecule has 1 atom stereocenters. The number of aromatic nitrogens is 1. The summed E-state index contributed by atoms with van der Waals surface area (Å²) in [5.41, 5.74) is 6.54. The first-order chi connectivity index (χ1) is 9.17. The minimum absolute atomic E-state index is 0.114. The van der Waals surface area contributed by atoms with Crippen LogP contribution >= 0.6 is 11.8 Å². The van der Waals surface area contributed by atoms with E-state index in [0.29, 0.717) is 29.5 Å². The number of nitrogens with one attached hydrogen (secondary N) is 1. The number of carbonyl (C=O) groups excluding carboxylic acids is 1.